The van der Waals surface area contributed by atoms with E-state index in [4.69, 9.17) is 15.6 Å². The number of likely N-dealkylation sites (tertiary alicyclic amines) is 1. The maximum absolute atomic E-state index is 14.9. The van der Waals surface area contributed by atoms with E-state index in [0.717, 1.165) is 35.6 Å². The van der Waals surface area contributed by atoms with Crippen molar-refractivity contribution in [2.45, 2.75) is 44.3 Å². The molecule has 1 saturated heterocycles. The Labute approximate surface area is 234 Å². The number of rotatable bonds is 4. The molecule has 0 spiro atoms. The van der Waals surface area contributed by atoms with Gasteiger partial charge in [-0.05, 0) is 67.0 Å². The molecular formula is C30H30F4N4O3. The number of benzene rings is 2. The number of amides is 1. The maximum atomic E-state index is 14.9. The summed E-state index contributed by atoms with van der Waals surface area (Å²) in [5, 5.41) is 9.98. The molecule has 11 heteroatoms. The lowest BCUT2D eigenvalue weighted by Crippen LogP contribution is -2.32. The van der Waals surface area contributed by atoms with Gasteiger partial charge in [0.25, 0.3) is 5.91 Å². The molecule has 1 aromatic heterocycles. The van der Waals surface area contributed by atoms with Crippen molar-refractivity contribution in [2.75, 3.05) is 25.4 Å². The minimum absolute atomic E-state index is 0.0603. The second kappa shape index (κ2) is 10.4. The number of carbonyl (C=O) groups is 2. The number of fused-ring (bicyclic) bond motifs is 2. The third-order valence-electron chi connectivity index (χ3n) is 8.26. The van der Waals surface area contributed by atoms with Crippen LogP contribution in [0.2, 0.25) is 0 Å². The van der Waals surface area contributed by atoms with Gasteiger partial charge in [-0.25, -0.2) is 9.78 Å². The van der Waals surface area contributed by atoms with Gasteiger partial charge < -0.3 is 16.2 Å². The summed E-state index contributed by atoms with van der Waals surface area (Å²) in [6.07, 6.45) is -3.08. The number of pyridine rings is 1. The van der Waals surface area contributed by atoms with E-state index in [0.29, 0.717) is 29.3 Å². The molecule has 0 radical (unpaired) electrons. The number of anilines is 1. The summed E-state index contributed by atoms with van der Waals surface area (Å²) in [5.41, 5.74) is 12.2. The molecule has 3 aromatic rings. The SMILES string of the molecule is CC(C)N1C[C@@H]2C[C@]2(c2ccc(-c3cc(-c4ccc5c(c4)CCNC5=O)c(N)nc3F)cc2)C1.O=C(O)C(F)(F)F. The van der Waals surface area contributed by atoms with Gasteiger partial charge in [0.1, 0.15) is 5.82 Å². The van der Waals surface area contributed by atoms with E-state index in [1.165, 1.54) is 18.5 Å². The summed E-state index contributed by atoms with van der Waals surface area (Å²) in [6.45, 7) is 7.40. The summed E-state index contributed by atoms with van der Waals surface area (Å²) in [5.74, 6) is -2.51. The van der Waals surface area contributed by atoms with Crippen molar-refractivity contribution in [2.24, 2.45) is 5.92 Å². The van der Waals surface area contributed by atoms with Crippen molar-refractivity contribution in [3.05, 3.63) is 71.2 Å². The van der Waals surface area contributed by atoms with Gasteiger partial charge in [-0.15, -0.1) is 0 Å². The van der Waals surface area contributed by atoms with E-state index in [1.54, 1.807) is 6.07 Å². The van der Waals surface area contributed by atoms with Crippen molar-refractivity contribution in [1.29, 1.82) is 0 Å². The van der Waals surface area contributed by atoms with E-state index < -0.39 is 18.1 Å². The highest BCUT2D eigenvalue weighted by Gasteiger charge is 2.60. The summed E-state index contributed by atoms with van der Waals surface area (Å²) in [6, 6.07) is 16.3. The lowest BCUT2D eigenvalue weighted by Gasteiger charge is -2.24. The van der Waals surface area contributed by atoms with Gasteiger partial charge in [0.05, 0.1) is 0 Å². The van der Waals surface area contributed by atoms with Gasteiger partial charge in [-0.1, -0.05) is 36.4 Å². The van der Waals surface area contributed by atoms with Crippen LogP contribution in [-0.2, 0) is 16.6 Å². The van der Waals surface area contributed by atoms with Crippen LogP contribution in [0.4, 0.5) is 23.4 Å². The number of carboxylic acids is 1. The normalized spacial score (nSPS) is 21.4. The van der Waals surface area contributed by atoms with E-state index in [2.05, 4.69) is 41.2 Å². The molecule has 0 bridgehead atoms. The highest BCUT2D eigenvalue weighted by atomic mass is 19.4. The summed E-state index contributed by atoms with van der Waals surface area (Å²) >= 11 is 0. The first-order chi connectivity index (χ1) is 19.3. The average molecular weight is 571 g/mol. The highest BCUT2D eigenvalue weighted by molar-refractivity contribution is 5.97. The molecule has 6 rings (SSSR count). The molecule has 4 N–H and O–H groups in total. The van der Waals surface area contributed by atoms with Crippen LogP contribution < -0.4 is 11.1 Å². The third-order valence-corrected chi connectivity index (χ3v) is 8.26. The van der Waals surface area contributed by atoms with Crippen LogP contribution in [0, 0.1) is 11.9 Å². The van der Waals surface area contributed by atoms with Gasteiger partial charge >= 0.3 is 12.1 Å². The first kappa shape index (κ1) is 28.5. The first-order valence-corrected chi connectivity index (χ1v) is 13.3. The molecular weight excluding hydrogens is 540 g/mol. The predicted octanol–water partition coefficient (Wildman–Crippen LogP) is 5.04. The zero-order chi connectivity index (χ0) is 29.7. The fourth-order valence-corrected chi connectivity index (χ4v) is 5.88. The Morgan fingerprint density at radius 2 is 1.76 bits per heavy atom. The highest BCUT2D eigenvalue weighted by Crippen LogP contribution is 2.59. The molecule has 2 aromatic carbocycles. The fraction of sp³-hybridized carbons (Fsp3) is 0.367. The van der Waals surface area contributed by atoms with E-state index in [1.807, 2.05) is 30.3 Å². The van der Waals surface area contributed by atoms with Crippen LogP contribution >= 0.6 is 0 Å². The Hall–Kier alpha value is -3.99. The van der Waals surface area contributed by atoms with Crippen molar-refractivity contribution >= 4 is 17.7 Å². The lowest BCUT2D eigenvalue weighted by molar-refractivity contribution is -0.192. The van der Waals surface area contributed by atoms with E-state index in [9.17, 15) is 22.4 Å². The number of carboxylic acid groups (broad SMARTS) is 1. The van der Waals surface area contributed by atoms with Gasteiger partial charge in [0, 0.05) is 47.8 Å². The number of aliphatic carboxylic acids is 1. The fourth-order valence-electron chi connectivity index (χ4n) is 5.88. The molecule has 2 atom stereocenters. The lowest BCUT2D eigenvalue weighted by atomic mass is 9.92. The Bertz CT molecular complexity index is 1510. The van der Waals surface area contributed by atoms with Crippen molar-refractivity contribution in [3.8, 4) is 22.3 Å². The first-order valence-electron chi connectivity index (χ1n) is 13.3. The number of aromatic nitrogens is 1. The van der Waals surface area contributed by atoms with Crippen molar-refractivity contribution < 1.29 is 32.3 Å². The smallest absolute Gasteiger partial charge is 0.475 e. The van der Waals surface area contributed by atoms with E-state index >= 15 is 0 Å². The summed E-state index contributed by atoms with van der Waals surface area (Å²) in [4.78, 5) is 27.6. The quantitative estimate of drug-likeness (QED) is 0.300. The molecule has 1 aliphatic carbocycles. The van der Waals surface area contributed by atoms with Crippen molar-refractivity contribution in [3.63, 3.8) is 0 Å². The number of piperidine rings is 1. The zero-order valence-electron chi connectivity index (χ0n) is 22.6. The zero-order valence-corrected chi connectivity index (χ0v) is 22.6. The molecule has 0 unspecified atom stereocenters. The number of carbonyl (C=O) groups excluding carboxylic acids is 1. The number of nitrogens with one attached hydrogen (secondary N) is 1. The minimum atomic E-state index is -5.08. The van der Waals surface area contributed by atoms with Crippen LogP contribution in [0.3, 0.4) is 0 Å². The molecule has 2 aliphatic heterocycles. The van der Waals surface area contributed by atoms with Crippen LogP contribution in [0.1, 0.15) is 41.8 Å². The number of nitrogens with two attached hydrogens (primary N) is 1. The summed E-state index contributed by atoms with van der Waals surface area (Å²) in [7, 11) is 0. The van der Waals surface area contributed by atoms with Crippen LogP contribution in [0.5, 0.6) is 0 Å². The molecule has 216 valence electrons. The number of halogens is 4. The summed E-state index contributed by atoms with van der Waals surface area (Å²) < 4.78 is 46.7. The predicted molar refractivity (Wildman–Crippen MR) is 146 cm³/mol. The monoisotopic (exact) mass is 570 g/mol. The largest absolute Gasteiger partial charge is 0.490 e. The maximum Gasteiger partial charge on any atom is 0.490 e. The third kappa shape index (κ3) is 5.50. The number of alkyl halides is 3. The Balaban J connectivity index is 0.000000431. The number of nitrogen functional groups attached to an aromatic ring is 1. The number of hydrogen-bond donors (Lipinski definition) is 3. The Morgan fingerprint density at radius 1 is 1.10 bits per heavy atom. The molecule has 1 saturated carbocycles. The van der Waals surface area contributed by atoms with Gasteiger partial charge in [0.2, 0.25) is 5.95 Å². The van der Waals surface area contributed by atoms with Crippen molar-refractivity contribution in [1.82, 2.24) is 15.2 Å². The van der Waals surface area contributed by atoms with Crippen LogP contribution in [0.15, 0.2) is 48.5 Å². The van der Waals surface area contributed by atoms with Crippen LogP contribution in [0.25, 0.3) is 22.3 Å². The Kier molecular flexibility index (Phi) is 7.27. The number of nitrogens with zero attached hydrogens (tertiary/aromatic N) is 2. The average Bonchev–Trinajstić information content (AvgIpc) is 3.48. The second-order valence-corrected chi connectivity index (χ2v) is 11.1. The standard InChI is InChI=1S/C28H29FN4O.C2HF3O2/c1-16(2)33-14-21-13-28(21,15-33)20-6-3-17(4-7-20)23-12-24(26(30)32-25(23)29)18-5-8-22-19(11-18)9-10-31-27(22)34;3-2(4,5)1(6)7/h3-8,11-12,16,21H,9-10,13-15H2,1-2H3,(H2,30,32)(H,31,34);(H,6,7)/t21-,28+;/m0./s1. The van der Waals surface area contributed by atoms with Gasteiger partial charge in [-0.2, -0.15) is 17.6 Å². The van der Waals surface area contributed by atoms with E-state index in [-0.39, 0.29) is 17.1 Å². The molecule has 2 fully saturated rings. The van der Waals surface area contributed by atoms with Gasteiger partial charge in [-0.3, -0.25) is 9.69 Å². The van der Waals surface area contributed by atoms with Crippen LogP contribution in [-0.4, -0.2) is 58.7 Å². The molecule has 41 heavy (non-hydrogen) atoms. The Morgan fingerprint density at radius 3 is 2.37 bits per heavy atom. The molecule has 3 heterocycles. The minimum Gasteiger partial charge on any atom is -0.475 e. The molecule has 7 nitrogen and oxygen atoms in total. The second-order valence-electron chi connectivity index (χ2n) is 11.1. The number of hydrogen-bond acceptors (Lipinski definition) is 5. The molecule has 3 aliphatic rings. The molecule has 1 amide bonds. The van der Waals surface area contributed by atoms with Gasteiger partial charge in [0.15, 0.2) is 0 Å². The topological polar surface area (TPSA) is 109 Å².